The van der Waals surface area contributed by atoms with Gasteiger partial charge in [0.15, 0.2) is 0 Å². The maximum atomic E-state index is 8.54. The quantitative estimate of drug-likeness (QED) is 0.779. The van der Waals surface area contributed by atoms with Crippen LogP contribution in [0.2, 0.25) is 0 Å². The maximum absolute atomic E-state index is 8.54. The smallest absolute Gasteiger partial charge is 0.0681 e. The summed E-state index contributed by atoms with van der Waals surface area (Å²) < 4.78 is 0. The van der Waals surface area contributed by atoms with Crippen molar-refractivity contribution in [3.8, 4) is 0 Å². The van der Waals surface area contributed by atoms with Gasteiger partial charge in [0.05, 0.1) is 6.61 Å². The molecule has 1 nitrogen and oxygen atoms in total. The Morgan fingerprint density at radius 1 is 1.09 bits per heavy atom. The van der Waals surface area contributed by atoms with Crippen molar-refractivity contribution in [3.05, 3.63) is 35.9 Å². The summed E-state index contributed by atoms with van der Waals surface area (Å²) in [4.78, 5) is 0. The Morgan fingerprint density at radius 3 is 1.82 bits per heavy atom. The number of hydrogen-bond donors (Lipinski definition) is 1. The first-order valence-corrected chi connectivity index (χ1v) is 3.58. The molecule has 2 heteroatoms. The standard InChI is InChI=1S/C7H8O.C2H6.Y/c8-6-7-4-2-1-3-5-7;1-2;/h1-5,8H,6H2;1-2H3;. The van der Waals surface area contributed by atoms with Gasteiger partial charge in [0.2, 0.25) is 0 Å². The maximum Gasteiger partial charge on any atom is 0.0681 e. The molecule has 0 saturated carbocycles. The summed E-state index contributed by atoms with van der Waals surface area (Å²) in [5.74, 6) is 0. The second-order valence-electron chi connectivity index (χ2n) is 1.64. The van der Waals surface area contributed by atoms with Crippen LogP contribution in [0.3, 0.4) is 0 Å². The van der Waals surface area contributed by atoms with Crippen LogP contribution in [0.1, 0.15) is 19.4 Å². The number of benzene rings is 1. The van der Waals surface area contributed by atoms with Gasteiger partial charge in [0.25, 0.3) is 0 Å². The van der Waals surface area contributed by atoms with Crippen molar-refractivity contribution in [2.75, 3.05) is 0 Å². The molecule has 0 unspecified atom stereocenters. The molecular formula is C9H14OY. The zero-order valence-corrected chi connectivity index (χ0v) is 9.96. The Morgan fingerprint density at radius 2 is 1.55 bits per heavy atom. The van der Waals surface area contributed by atoms with Crippen LogP contribution < -0.4 is 0 Å². The van der Waals surface area contributed by atoms with Crippen molar-refractivity contribution in [2.45, 2.75) is 20.5 Å². The Labute approximate surface area is 93.7 Å². The van der Waals surface area contributed by atoms with Crippen molar-refractivity contribution in [1.82, 2.24) is 0 Å². The second-order valence-corrected chi connectivity index (χ2v) is 1.64. The van der Waals surface area contributed by atoms with Gasteiger partial charge in [-0.1, -0.05) is 44.2 Å². The first-order valence-electron chi connectivity index (χ1n) is 3.58. The topological polar surface area (TPSA) is 20.2 Å². The summed E-state index contributed by atoms with van der Waals surface area (Å²) in [6.07, 6.45) is 0. The molecule has 59 valence electrons. The zero-order chi connectivity index (χ0) is 7.82. The molecule has 0 amide bonds. The molecule has 1 N–H and O–H groups in total. The summed E-state index contributed by atoms with van der Waals surface area (Å²) >= 11 is 0. The minimum atomic E-state index is 0. The van der Waals surface area contributed by atoms with E-state index in [1.165, 1.54) is 0 Å². The molecule has 0 atom stereocenters. The first-order chi connectivity index (χ1) is 4.93. The van der Waals surface area contributed by atoms with Crippen molar-refractivity contribution >= 4 is 0 Å². The summed E-state index contributed by atoms with van der Waals surface area (Å²) in [6, 6.07) is 9.52. The van der Waals surface area contributed by atoms with Crippen LogP contribution in [0.25, 0.3) is 0 Å². The average Bonchev–Trinajstić information content (AvgIpc) is 2.10. The molecule has 0 aromatic heterocycles. The summed E-state index contributed by atoms with van der Waals surface area (Å²) in [5, 5.41) is 8.54. The average molecular weight is 227 g/mol. The van der Waals surface area contributed by atoms with E-state index in [1.54, 1.807) is 0 Å². The van der Waals surface area contributed by atoms with Gasteiger partial charge in [0, 0.05) is 32.7 Å². The SMILES string of the molecule is CC.OCc1ccccc1.[Y]. The van der Waals surface area contributed by atoms with E-state index in [-0.39, 0.29) is 39.3 Å². The van der Waals surface area contributed by atoms with Gasteiger partial charge in [-0.3, -0.25) is 0 Å². The van der Waals surface area contributed by atoms with E-state index in [9.17, 15) is 0 Å². The fourth-order valence-corrected chi connectivity index (χ4v) is 0.583. The van der Waals surface area contributed by atoms with Gasteiger partial charge < -0.3 is 5.11 Å². The number of aliphatic hydroxyl groups excluding tert-OH is 1. The summed E-state index contributed by atoms with van der Waals surface area (Å²) in [6.45, 7) is 4.14. The molecule has 0 fully saturated rings. The Balaban J connectivity index is 0. The molecule has 1 aromatic carbocycles. The van der Waals surface area contributed by atoms with E-state index in [0.29, 0.717) is 0 Å². The molecule has 0 aliphatic carbocycles. The predicted molar refractivity (Wildman–Crippen MR) is 43.7 cm³/mol. The Hall–Kier alpha value is 0.284. The zero-order valence-electron chi connectivity index (χ0n) is 7.12. The monoisotopic (exact) mass is 227 g/mol. The van der Waals surface area contributed by atoms with Gasteiger partial charge in [-0.2, -0.15) is 0 Å². The van der Waals surface area contributed by atoms with E-state index in [0.717, 1.165) is 5.56 Å². The van der Waals surface area contributed by atoms with Crippen LogP contribution in [-0.4, -0.2) is 5.11 Å². The van der Waals surface area contributed by atoms with E-state index in [4.69, 9.17) is 5.11 Å². The van der Waals surface area contributed by atoms with E-state index in [1.807, 2.05) is 44.2 Å². The Bertz CT molecular complexity index is 151. The first kappa shape index (κ1) is 13.8. The van der Waals surface area contributed by atoms with Crippen LogP contribution in [0, 0.1) is 0 Å². The summed E-state index contributed by atoms with van der Waals surface area (Å²) in [7, 11) is 0. The van der Waals surface area contributed by atoms with E-state index < -0.39 is 0 Å². The number of rotatable bonds is 1. The fourth-order valence-electron chi connectivity index (χ4n) is 0.583. The molecule has 0 spiro atoms. The molecule has 0 heterocycles. The van der Waals surface area contributed by atoms with Crippen molar-refractivity contribution in [1.29, 1.82) is 0 Å². The summed E-state index contributed by atoms with van der Waals surface area (Å²) in [5.41, 5.74) is 0.965. The van der Waals surface area contributed by atoms with Crippen molar-refractivity contribution in [3.63, 3.8) is 0 Å². The van der Waals surface area contributed by atoms with Crippen LogP contribution in [0.4, 0.5) is 0 Å². The number of hydrogen-bond acceptors (Lipinski definition) is 1. The normalized spacial score (nSPS) is 7.18. The van der Waals surface area contributed by atoms with E-state index in [2.05, 4.69) is 0 Å². The molecule has 1 radical (unpaired) electrons. The van der Waals surface area contributed by atoms with Gasteiger partial charge >= 0.3 is 0 Å². The molecule has 0 bridgehead atoms. The molecule has 1 rings (SSSR count). The van der Waals surface area contributed by atoms with Gasteiger partial charge in [0.1, 0.15) is 0 Å². The van der Waals surface area contributed by atoms with Crippen LogP contribution in [0.5, 0.6) is 0 Å². The predicted octanol–water partition coefficient (Wildman–Crippen LogP) is 2.20. The van der Waals surface area contributed by atoms with Crippen molar-refractivity contribution < 1.29 is 37.8 Å². The van der Waals surface area contributed by atoms with E-state index >= 15 is 0 Å². The molecule has 0 aliphatic heterocycles. The van der Waals surface area contributed by atoms with Gasteiger partial charge in [-0.15, -0.1) is 0 Å². The van der Waals surface area contributed by atoms with Gasteiger partial charge in [-0.25, -0.2) is 0 Å². The van der Waals surface area contributed by atoms with Gasteiger partial charge in [-0.05, 0) is 5.56 Å². The van der Waals surface area contributed by atoms with Crippen LogP contribution in [-0.2, 0) is 39.3 Å². The third-order valence-corrected chi connectivity index (χ3v) is 1.03. The molecule has 0 saturated heterocycles. The third-order valence-electron chi connectivity index (χ3n) is 1.03. The second kappa shape index (κ2) is 10.3. The molecular weight excluding hydrogens is 213 g/mol. The molecule has 0 aliphatic rings. The minimum absolute atomic E-state index is 0. The third kappa shape index (κ3) is 6.67. The van der Waals surface area contributed by atoms with Crippen LogP contribution >= 0.6 is 0 Å². The van der Waals surface area contributed by atoms with Crippen LogP contribution in [0.15, 0.2) is 30.3 Å². The Kier molecular flexibility index (Phi) is 12.9. The molecule has 11 heavy (non-hydrogen) atoms. The largest absolute Gasteiger partial charge is 0.392 e. The fraction of sp³-hybridized carbons (Fsp3) is 0.333. The van der Waals surface area contributed by atoms with Crippen molar-refractivity contribution in [2.24, 2.45) is 0 Å². The minimum Gasteiger partial charge on any atom is -0.392 e. The number of aliphatic hydroxyl groups is 1. The molecule has 1 aromatic rings.